The summed E-state index contributed by atoms with van der Waals surface area (Å²) in [6.45, 7) is 3.05. The number of halogens is 6. The lowest BCUT2D eigenvalue weighted by Crippen LogP contribution is -2.48. The second kappa shape index (κ2) is 15.5. The molecular formula is C42H45F6N3O2. The van der Waals surface area contributed by atoms with Crippen molar-refractivity contribution in [2.75, 3.05) is 26.2 Å². The van der Waals surface area contributed by atoms with Gasteiger partial charge in [0.1, 0.15) is 6.54 Å². The van der Waals surface area contributed by atoms with Gasteiger partial charge in [0, 0.05) is 23.6 Å². The monoisotopic (exact) mass is 737 g/mol. The number of hydrogen-bond donors (Lipinski definition) is 2. The van der Waals surface area contributed by atoms with Crippen molar-refractivity contribution < 1.29 is 35.9 Å². The Balaban J connectivity index is 1.10. The molecule has 0 bridgehead atoms. The lowest BCUT2D eigenvalue weighted by atomic mass is 9.66. The van der Waals surface area contributed by atoms with Crippen LogP contribution in [0.4, 0.5) is 26.3 Å². The highest BCUT2D eigenvalue weighted by Crippen LogP contribution is 2.58. The number of nitrogens with zero attached hydrogens (tertiary/aromatic N) is 1. The first-order chi connectivity index (χ1) is 25.2. The number of hydrogen-bond acceptors (Lipinski definition) is 3. The van der Waals surface area contributed by atoms with E-state index in [1.165, 1.54) is 12.1 Å². The van der Waals surface area contributed by atoms with Crippen molar-refractivity contribution in [3.8, 4) is 11.1 Å². The zero-order valence-corrected chi connectivity index (χ0v) is 29.8. The Hall–Kier alpha value is -4.38. The highest BCUT2D eigenvalue weighted by Gasteiger charge is 2.57. The Morgan fingerprint density at radius 1 is 0.849 bits per heavy atom. The van der Waals surface area contributed by atoms with Crippen LogP contribution in [0.1, 0.15) is 85.3 Å². The van der Waals surface area contributed by atoms with E-state index in [1.54, 1.807) is 24.3 Å². The third-order valence-corrected chi connectivity index (χ3v) is 11.2. The van der Waals surface area contributed by atoms with E-state index >= 15 is 0 Å². The van der Waals surface area contributed by atoms with E-state index in [0.717, 1.165) is 74.2 Å². The molecule has 3 aromatic rings. The van der Waals surface area contributed by atoms with Crippen molar-refractivity contribution in [3.63, 3.8) is 0 Å². The third-order valence-electron chi connectivity index (χ3n) is 11.2. The van der Waals surface area contributed by atoms with Crippen molar-refractivity contribution in [1.29, 1.82) is 0 Å². The van der Waals surface area contributed by atoms with Gasteiger partial charge in [-0.3, -0.25) is 9.59 Å². The van der Waals surface area contributed by atoms with Gasteiger partial charge in [0.15, 0.2) is 0 Å². The molecule has 5 nitrogen and oxygen atoms in total. The molecule has 282 valence electrons. The molecule has 1 heterocycles. The summed E-state index contributed by atoms with van der Waals surface area (Å²) in [5.74, 6) is -0.889. The summed E-state index contributed by atoms with van der Waals surface area (Å²) < 4.78 is 79.4. The first-order valence-corrected chi connectivity index (χ1v) is 18.3. The van der Waals surface area contributed by atoms with E-state index in [0.29, 0.717) is 42.4 Å². The largest absolute Gasteiger partial charge is 0.416 e. The Morgan fingerprint density at radius 3 is 2.30 bits per heavy atom. The zero-order chi connectivity index (χ0) is 37.9. The summed E-state index contributed by atoms with van der Waals surface area (Å²) in [7, 11) is 0. The zero-order valence-electron chi connectivity index (χ0n) is 29.8. The molecule has 2 N–H and O–H groups in total. The van der Waals surface area contributed by atoms with Gasteiger partial charge in [0.25, 0.3) is 5.91 Å². The Morgan fingerprint density at radius 2 is 1.57 bits per heavy atom. The van der Waals surface area contributed by atoms with Gasteiger partial charge in [-0.1, -0.05) is 92.6 Å². The van der Waals surface area contributed by atoms with Gasteiger partial charge < -0.3 is 15.5 Å². The summed E-state index contributed by atoms with van der Waals surface area (Å²) in [5.41, 5.74) is 1.64. The number of carbonyl (C=O) groups excluding carboxylic acids is 2. The van der Waals surface area contributed by atoms with Gasteiger partial charge >= 0.3 is 12.4 Å². The highest BCUT2D eigenvalue weighted by atomic mass is 19.4. The molecular weight excluding hydrogens is 692 g/mol. The van der Waals surface area contributed by atoms with Crippen molar-refractivity contribution in [2.45, 2.75) is 87.5 Å². The molecule has 3 unspecified atom stereocenters. The van der Waals surface area contributed by atoms with E-state index in [9.17, 15) is 35.9 Å². The van der Waals surface area contributed by atoms with Crippen LogP contribution in [0.3, 0.4) is 0 Å². The van der Waals surface area contributed by atoms with Crippen LogP contribution >= 0.6 is 0 Å². The standard InChI is InChI=1S/C42H45F6N3O2/c1-39-23-8-6-17-36(39)40(35-16-5-4-15-34(35)39,38(53)49-28-41(43,44)45)24-9-11-26-51-25-10-7-12-31(22-27-51)50-37(52)33-14-3-2-13-32(33)29-18-20-30(21-19-29)42(46,47)48/h2-6,8,13-21,31H,7,9-12,22-28H2,1H3,(H,49,53)(H,50,52). The lowest BCUT2D eigenvalue weighted by molar-refractivity contribution is -0.141. The van der Waals surface area contributed by atoms with E-state index in [4.69, 9.17) is 0 Å². The molecule has 0 radical (unpaired) electrons. The van der Waals surface area contributed by atoms with Crippen molar-refractivity contribution in [2.24, 2.45) is 0 Å². The first-order valence-electron chi connectivity index (χ1n) is 18.3. The number of carbonyl (C=O) groups is 2. The molecule has 1 aliphatic heterocycles. The quantitative estimate of drug-likeness (QED) is 0.161. The maximum absolute atomic E-state index is 14.0. The number of fused-ring (bicyclic) bond motifs is 3. The maximum atomic E-state index is 14.0. The van der Waals surface area contributed by atoms with Crippen LogP contribution in [0.5, 0.6) is 0 Å². The van der Waals surface area contributed by atoms with Gasteiger partial charge in [-0.2, -0.15) is 26.3 Å². The van der Waals surface area contributed by atoms with Crippen molar-refractivity contribution in [1.82, 2.24) is 15.5 Å². The number of likely N-dealkylation sites (tertiary alicyclic amines) is 1. The van der Waals surface area contributed by atoms with E-state index in [2.05, 4.69) is 22.5 Å². The first kappa shape index (κ1) is 38.3. The molecule has 1 saturated heterocycles. The maximum Gasteiger partial charge on any atom is 0.416 e. The van der Waals surface area contributed by atoms with Crippen molar-refractivity contribution >= 4 is 11.8 Å². The normalized spacial score (nSPS) is 23.3. The molecule has 11 heteroatoms. The Kier molecular flexibility index (Phi) is 11.2. The molecule has 2 aliphatic carbocycles. The van der Waals surface area contributed by atoms with Gasteiger partial charge in [0.2, 0.25) is 5.91 Å². The van der Waals surface area contributed by atoms with Crippen molar-refractivity contribution in [3.05, 3.63) is 119 Å². The smallest absolute Gasteiger partial charge is 0.349 e. The molecule has 0 spiro atoms. The molecule has 3 atom stereocenters. The van der Waals surface area contributed by atoms with Gasteiger partial charge in [0.05, 0.1) is 11.0 Å². The number of alkyl halides is 6. The minimum atomic E-state index is -4.53. The van der Waals surface area contributed by atoms with E-state index in [1.807, 2.05) is 42.5 Å². The minimum absolute atomic E-state index is 0.0921. The number of rotatable bonds is 10. The Bertz CT molecular complexity index is 1850. The molecule has 0 saturated carbocycles. The summed E-state index contributed by atoms with van der Waals surface area (Å²) in [4.78, 5) is 29.9. The molecule has 1 fully saturated rings. The topological polar surface area (TPSA) is 61.4 Å². The fourth-order valence-corrected chi connectivity index (χ4v) is 8.52. The molecule has 3 aliphatic rings. The average molecular weight is 738 g/mol. The van der Waals surface area contributed by atoms with Crippen LogP contribution in [0, 0.1) is 0 Å². The fourth-order valence-electron chi connectivity index (χ4n) is 8.52. The average Bonchev–Trinajstić information content (AvgIpc) is 3.35. The summed E-state index contributed by atoms with van der Waals surface area (Å²) in [5, 5.41) is 5.41. The molecule has 2 amide bonds. The second-order valence-corrected chi connectivity index (χ2v) is 14.7. The minimum Gasteiger partial charge on any atom is -0.349 e. The third kappa shape index (κ3) is 8.25. The van der Waals surface area contributed by atoms with E-state index < -0.39 is 41.2 Å². The van der Waals surface area contributed by atoms with Crippen LogP contribution in [-0.2, 0) is 21.8 Å². The second-order valence-electron chi connectivity index (χ2n) is 14.7. The predicted molar refractivity (Wildman–Crippen MR) is 193 cm³/mol. The highest BCUT2D eigenvalue weighted by molar-refractivity contribution is 6.01. The fraction of sp³-hybridized carbons (Fsp3) is 0.429. The van der Waals surface area contributed by atoms with Crippen LogP contribution in [0.2, 0.25) is 0 Å². The van der Waals surface area contributed by atoms with Gasteiger partial charge in [-0.05, 0) is 97.6 Å². The number of benzene rings is 3. The molecule has 6 rings (SSSR count). The van der Waals surface area contributed by atoms with Crippen LogP contribution in [0.15, 0.2) is 96.6 Å². The number of amides is 2. The van der Waals surface area contributed by atoms with Crippen LogP contribution in [0.25, 0.3) is 11.1 Å². The molecule has 3 aromatic carbocycles. The lowest BCUT2D eigenvalue weighted by Gasteiger charge is -2.37. The van der Waals surface area contributed by atoms with Gasteiger partial charge in [-0.25, -0.2) is 0 Å². The van der Waals surface area contributed by atoms with Gasteiger partial charge in [-0.15, -0.1) is 0 Å². The summed E-state index contributed by atoms with van der Waals surface area (Å²) in [6.07, 6.45) is 2.65. The van der Waals surface area contributed by atoms with E-state index in [-0.39, 0.29) is 11.9 Å². The number of unbranched alkanes of at least 4 members (excludes halogenated alkanes) is 1. The molecule has 53 heavy (non-hydrogen) atoms. The van der Waals surface area contributed by atoms with Crippen LogP contribution < -0.4 is 10.6 Å². The number of allylic oxidation sites excluding steroid dienone is 3. The summed E-state index contributed by atoms with van der Waals surface area (Å²) in [6, 6.07) is 19.2. The predicted octanol–water partition coefficient (Wildman–Crippen LogP) is 9.29. The SMILES string of the molecule is CC12CC=CC=C1C(CCCCN1CCCCC(NC(=O)c3ccccc3-c3ccc(C(F)(F)F)cc3)CC1)(C(=O)NCC(F)(F)F)c1ccccc12. The van der Waals surface area contributed by atoms with Crippen LogP contribution in [-0.4, -0.2) is 55.1 Å². The Labute approximate surface area is 306 Å². The number of nitrogens with one attached hydrogen (secondary N) is 2. The summed E-state index contributed by atoms with van der Waals surface area (Å²) >= 11 is 0. The molecule has 0 aromatic heterocycles.